The molecule has 3 heterocycles. The number of allylic oxidation sites excluding steroid dienone is 1. The van der Waals surface area contributed by atoms with Crippen LogP contribution in [-0.4, -0.2) is 29.7 Å². The Hall–Kier alpha value is -2.44. The van der Waals surface area contributed by atoms with Crippen LogP contribution in [0.5, 0.6) is 0 Å². The number of hydrogen-bond acceptors (Lipinski definition) is 5. The predicted molar refractivity (Wildman–Crippen MR) is 132 cm³/mol. The minimum Gasteiger partial charge on any atom is -0.386 e. The van der Waals surface area contributed by atoms with E-state index in [-0.39, 0.29) is 6.04 Å². The van der Waals surface area contributed by atoms with E-state index in [1.165, 1.54) is 21.2 Å². The van der Waals surface area contributed by atoms with Gasteiger partial charge in [0.05, 0.1) is 12.4 Å². The van der Waals surface area contributed by atoms with Gasteiger partial charge in [-0.15, -0.1) is 11.3 Å². The minimum atomic E-state index is 0.0627. The van der Waals surface area contributed by atoms with Crippen molar-refractivity contribution in [1.82, 2.24) is 10.2 Å². The van der Waals surface area contributed by atoms with Crippen LogP contribution in [0.15, 0.2) is 67.9 Å². The fourth-order valence-corrected chi connectivity index (χ4v) is 5.36. The van der Waals surface area contributed by atoms with Gasteiger partial charge in [0.25, 0.3) is 0 Å². The first-order chi connectivity index (χ1) is 14.5. The number of nitrogens with zero attached hydrogens (tertiary/aromatic N) is 3. The van der Waals surface area contributed by atoms with Gasteiger partial charge < -0.3 is 10.2 Å². The predicted octanol–water partition coefficient (Wildman–Crippen LogP) is 6.24. The minimum absolute atomic E-state index is 0.0627. The summed E-state index contributed by atoms with van der Waals surface area (Å²) in [5, 5.41) is 11.4. The molecule has 3 aromatic rings. The maximum Gasteiger partial charge on any atom is 0.157 e. The number of aliphatic imine (C=N–C) groups is 2. The van der Waals surface area contributed by atoms with Crippen LogP contribution in [0, 0.1) is 0 Å². The van der Waals surface area contributed by atoms with Crippen molar-refractivity contribution in [2.75, 3.05) is 6.54 Å². The zero-order valence-corrected chi connectivity index (χ0v) is 19.6. The molecule has 0 bridgehead atoms. The van der Waals surface area contributed by atoms with Crippen LogP contribution in [0.25, 0.3) is 10.1 Å². The number of thiophene rings is 2. The van der Waals surface area contributed by atoms with Gasteiger partial charge in [-0.05, 0) is 78.9 Å². The van der Waals surface area contributed by atoms with E-state index in [4.69, 9.17) is 9.98 Å². The highest BCUT2D eigenvalue weighted by atomic mass is 32.1. The lowest BCUT2D eigenvalue weighted by Crippen LogP contribution is -2.33. The van der Waals surface area contributed by atoms with Crippen LogP contribution in [-0.2, 0) is 6.42 Å². The van der Waals surface area contributed by atoms with Crippen molar-refractivity contribution in [3.8, 4) is 0 Å². The number of hydrogen-bond donors (Lipinski definition) is 1. The average Bonchev–Trinajstić information content (AvgIpc) is 3.47. The Morgan fingerprint density at radius 3 is 2.77 bits per heavy atom. The standard InChI is InChI=1S/C24H28N4S2/c1-16(2)28-15-26-23(18(4)25-11-9-19-10-12-29-13-19)24(28)27-17(3)21-14-30-22-8-6-5-7-20(21)22/h5-8,10,12-17,25H,9,11H2,1-4H3/b23-18-,27-24+. The van der Waals surface area contributed by atoms with Crippen LogP contribution >= 0.6 is 22.7 Å². The van der Waals surface area contributed by atoms with Crippen molar-refractivity contribution < 1.29 is 0 Å². The number of nitrogens with one attached hydrogen (secondary N) is 1. The molecule has 1 aliphatic heterocycles. The first kappa shape index (κ1) is 20.8. The quantitative estimate of drug-likeness (QED) is 0.476. The lowest BCUT2D eigenvalue weighted by Gasteiger charge is -2.22. The molecule has 1 aromatic carbocycles. The Labute approximate surface area is 186 Å². The van der Waals surface area contributed by atoms with E-state index in [2.05, 4.69) is 84.4 Å². The SMILES string of the molecule is C/C(NCCc1ccsc1)=C1/N=CN(C(C)C)/C1=N/C(C)c1csc2ccccc12. The van der Waals surface area contributed by atoms with E-state index in [9.17, 15) is 0 Å². The summed E-state index contributed by atoms with van der Waals surface area (Å²) in [5.41, 5.74) is 4.67. The summed E-state index contributed by atoms with van der Waals surface area (Å²) in [5.74, 6) is 0.952. The second kappa shape index (κ2) is 9.14. The molecule has 1 atom stereocenters. The summed E-state index contributed by atoms with van der Waals surface area (Å²) in [7, 11) is 0. The largest absolute Gasteiger partial charge is 0.386 e. The Kier molecular flexibility index (Phi) is 6.35. The molecule has 1 unspecified atom stereocenters. The van der Waals surface area contributed by atoms with E-state index in [1.54, 1.807) is 22.7 Å². The van der Waals surface area contributed by atoms with E-state index in [0.29, 0.717) is 6.04 Å². The van der Waals surface area contributed by atoms with Crippen molar-refractivity contribution >= 4 is 44.9 Å². The molecule has 1 aliphatic rings. The van der Waals surface area contributed by atoms with E-state index >= 15 is 0 Å². The van der Waals surface area contributed by atoms with E-state index in [0.717, 1.165) is 30.2 Å². The Balaban J connectivity index is 1.59. The van der Waals surface area contributed by atoms with Gasteiger partial charge in [-0.25, -0.2) is 4.99 Å². The maximum atomic E-state index is 5.16. The number of fused-ring (bicyclic) bond motifs is 1. The lowest BCUT2D eigenvalue weighted by molar-refractivity contribution is 0.516. The molecule has 2 aromatic heterocycles. The first-order valence-electron chi connectivity index (χ1n) is 10.4. The summed E-state index contributed by atoms with van der Waals surface area (Å²) < 4.78 is 1.31. The molecule has 0 saturated heterocycles. The first-order valence-corrected chi connectivity index (χ1v) is 12.2. The summed E-state index contributed by atoms with van der Waals surface area (Å²) in [6.45, 7) is 9.52. The highest BCUT2D eigenvalue weighted by Gasteiger charge is 2.26. The molecule has 6 heteroatoms. The summed E-state index contributed by atoms with van der Waals surface area (Å²) >= 11 is 3.53. The van der Waals surface area contributed by atoms with Gasteiger partial charge in [0.2, 0.25) is 0 Å². The van der Waals surface area contributed by atoms with Gasteiger partial charge in [-0.1, -0.05) is 18.2 Å². The Bertz CT molecular complexity index is 1090. The molecular formula is C24H28N4S2. The van der Waals surface area contributed by atoms with Crippen LogP contribution in [0.2, 0.25) is 0 Å². The van der Waals surface area contributed by atoms with Gasteiger partial charge in [0, 0.05) is 23.0 Å². The van der Waals surface area contributed by atoms with E-state index < -0.39 is 0 Å². The molecule has 0 amide bonds. The lowest BCUT2D eigenvalue weighted by atomic mass is 10.1. The van der Waals surface area contributed by atoms with Gasteiger partial charge >= 0.3 is 0 Å². The van der Waals surface area contributed by atoms with Crippen molar-refractivity contribution in [3.05, 3.63) is 69.0 Å². The van der Waals surface area contributed by atoms with Gasteiger partial charge in [-0.3, -0.25) is 4.99 Å². The third-order valence-electron chi connectivity index (χ3n) is 5.34. The summed E-state index contributed by atoms with van der Waals surface area (Å²) in [6.07, 6.45) is 2.93. The molecule has 156 valence electrons. The summed E-state index contributed by atoms with van der Waals surface area (Å²) in [6, 6.07) is 11.1. The number of amidine groups is 1. The molecule has 1 N–H and O–H groups in total. The van der Waals surface area contributed by atoms with Crippen LogP contribution in [0.4, 0.5) is 0 Å². The zero-order chi connectivity index (χ0) is 21.1. The molecule has 30 heavy (non-hydrogen) atoms. The Morgan fingerprint density at radius 2 is 2.00 bits per heavy atom. The van der Waals surface area contributed by atoms with E-state index in [1.807, 2.05) is 6.34 Å². The van der Waals surface area contributed by atoms with Crippen LogP contribution < -0.4 is 5.32 Å². The smallest absolute Gasteiger partial charge is 0.157 e. The van der Waals surface area contributed by atoms with Crippen molar-refractivity contribution in [2.45, 2.75) is 46.2 Å². The Morgan fingerprint density at radius 1 is 1.17 bits per heavy atom. The third kappa shape index (κ3) is 4.35. The molecular weight excluding hydrogens is 408 g/mol. The topological polar surface area (TPSA) is 40.0 Å². The van der Waals surface area contributed by atoms with Crippen molar-refractivity contribution in [1.29, 1.82) is 0 Å². The number of benzene rings is 1. The zero-order valence-electron chi connectivity index (χ0n) is 17.9. The van der Waals surface area contributed by atoms with Crippen LogP contribution in [0.3, 0.4) is 0 Å². The fourth-order valence-electron chi connectivity index (χ4n) is 3.61. The monoisotopic (exact) mass is 436 g/mol. The maximum absolute atomic E-state index is 5.16. The van der Waals surface area contributed by atoms with Crippen molar-refractivity contribution in [2.24, 2.45) is 9.98 Å². The molecule has 4 nitrogen and oxygen atoms in total. The van der Waals surface area contributed by atoms with Gasteiger partial charge in [0.1, 0.15) is 5.70 Å². The highest BCUT2D eigenvalue weighted by Crippen LogP contribution is 2.33. The van der Waals surface area contributed by atoms with Crippen LogP contribution in [0.1, 0.15) is 44.9 Å². The van der Waals surface area contributed by atoms with Crippen molar-refractivity contribution in [3.63, 3.8) is 0 Å². The van der Waals surface area contributed by atoms with Gasteiger partial charge in [-0.2, -0.15) is 11.3 Å². The molecule has 0 radical (unpaired) electrons. The summed E-state index contributed by atoms with van der Waals surface area (Å²) in [4.78, 5) is 12.1. The normalized spacial score (nSPS) is 18.0. The second-order valence-corrected chi connectivity index (χ2v) is 9.53. The highest BCUT2D eigenvalue weighted by molar-refractivity contribution is 7.17. The van der Waals surface area contributed by atoms with Gasteiger partial charge in [0.15, 0.2) is 5.84 Å². The molecule has 0 aliphatic carbocycles. The molecule has 0 spiro atoms. The molecule has 4 rings (SSSR count). The fraction of sp³-hybridized carbons (Fsp3) is 0.333. The average molecular weight is 437 g/mol. The second-order valence-electron chi connectivity index (χ2n) is 7.84. The molecule has 0 fully saturated rings. The number of rotatable bonds is 7. The third-order valence-corrected chi connectivity index (χ3v) is 7.05. The molecule has 0 saturated carbocycles.